The van der Waals surface area contributed by atoms with Gasteiger partial charge in [-0.25, -0.2) is 13.1 Å². The molecule has 0 aliphatic carbocycles. The molecular formula is C22H21F3N4O3S. The van der Waals surface area contributed by atoms with E-state index in [4.69, 9.17) is 0 Å². The van der Waals surface area contributed by atoms with Gasteiger partial charge in [0.1, 0.15) is 0 Å². The van der Waals surface area contributed by atoms with E-state index in [0.29, 0.717) is 5.56 Å². The van der Waals surface area contributed by atoms with Gasteiger partial charge in [0.25, 0.3) is 5.91 Å². The van der Waals surface area contributed by atoms with E-state index in [1.54, 1.807) is 35.1 Å². The Balaban J connectivity index is 1.46. The number of amides is 1. The van der Waals surface area contributed by atoms with E-state index in [1.807, 2.05) is 13.0 Å². The van der Waals surface area contributed by atoms with E-state index < -0.39 is 26.7 Å². The summed E-state index contributed by atoms with van der Waals surface area (Å²) in [6, 6.07) is 12.8. The molecule has 0 radical (unpaired) electrons. The summed E-state index contributed by atoms with van der Waals surface area (Å²) in [6.07, 6.45) is -3.11. The first-order chi connectivity index (χ1) is 15.6. The van der Waals surface area contributed by atoms with E-state index in [-0.39, 0.29) is 32.1 Å². The summed E-state index contributed by atoms with van der Waals surface area (Å²) in [5, 5.41) is 4.22. The van der Waals surface area contributed by atoms with Crippen LogP contribution in [-0.4, -0.2) is 59.5 Å². The van der Waals surface area contributed by atoms with Crippen LogP contribution in [0.4, 0.5) is 13.2 Å². The topological polar surface area (TPSA) is 75.5 Å². The maximum atomic E-state index is 13.3. The normalized spacial score (nSPS) is 15.6. The second-order valence-electron chi connectivity index (χ2n) is 7.62. The first-order valence-electron chi connectivity index (χ1n) is 10.2. The number of nitrogens with zero attached hydrogens (tertiary/aromatic N) is 4. The molecule has 1 fully saturated rings. The minimum atomic E-state index is -4.79. The summed E-state index contributed by atoms with van der Waals surface area (Å²) in [7, 11) is -4.36. The highest BCUT2D eigenvalue weighted by Crippen LogP contribution is 2.35. The number of hydrogen-bond acceptors (Lipinski definition) is 4. The minimum absolute atomic E-state index is 0.0757. The van der Waals surface area contributed by atoms with Crippen molar-refractivity contribution >= 4 is 15.9 Å². The molecule has 0 spiro atoms. The lowest BCUT2D eigenvalue weighted by Gasteiger charge is -2.34. The predicted molar refractivity (Wildman–Crippen MR) is 114 cm³/mol. The van der Waals surface area contributed by atoms with Crippen molar-refractivity contribution in [2.75, 3.05) is 26.2 Å². The molecule has 33 heavy (non-hydrogen) atoms. The highest BCUT2D eigenvalue weighted by molar-refractivity contribution is 7.89. The van der Waals surface area contributed by atoms with Crippen molar-refractivity contribution < 1.29 is 26.4 Å². The Morgan fingerprint density at radius 3 is 2.15 bits per heavy atom. The second kappa shape index (κ2) is 8.64. The van der Waals surface area contributed by atoms with Crippen molar-refractivity contribution in [1.29, 1.82) is 0 Å². The molecule has 1 saturated heterocycles. The van der Waals surface area contributed by atoms with Crippen molar-refractivity contribution in [2.24, 2.45) is 0 Å². The molecule has 2 heterocycles. The summed E-state index contributed by atoms with van der Waals surface area (Å²) in [6.45, 7) is 1.88. The molecule has 4 rings (SSSR count). The Morgan fingerprint density at radius 2 is 1.58 bits per heavy atom. The van der Waals surface area contributed by atoms with Crippen LogP contribution >= 0.6 is 0 Å². The molecule has 0 atom stereocenters. The number of aromatic nitrogens is 2. The average molecular weight is 478 g/mol. The lowest BCUT2D eigenvalue weighted by atomic mass is 10.1. The van der Waals surface area contributed by atoms with Gasteiger partial charge in [-0.2, -0.15) is 22.6 Å². The Labute approximate surface area is 189 Å². The first kappa shape index (κ1) is 23.0. The third-order valence-corrected chi connectivity index (χ3v) is 7.48. The van der Waals surface area contributed by atoms with Crippen LogP contribution in [0, 0.1) is 6.92 Å². The molecule has 7 nitrogen and oxygen atoms in total. The monoisotopic (exact) mass is 478 g/mol. The Hall–Kier alpha value is -3.18. The standard InChI is InChI=1S/C22H21F3N4O3S/c1-16-10-11-26-29(16)18-8-6-17(7-9-18)21(30)27-12-14-28(15-13-27)33(31,32)20-5-3-2-4-19(20)22(23,24)25/h2-11H,12-15H2,1H3. The number of hydrogen-bond donors (Lipinski definition) is 0. The first-order valence-corrected chi connectivity index (χ1v) is 11.6. The number of carbonyl (C=O) groups excluding carboxylic acids is 1. The SMILES string of the molecule is Cc1ccnn1-c1ccc(C(=O)N2CCN(S(=O)(=O)c3ccccc3C(F)(F)F)CC2)cc1. The fraction of sp³-hybridized carbons (Fsp3) is 0.273. The third-order valence-electron chi connectivity index (χ3n) is 5.53. The van der Waals surface area contributed by atoms with Crippen molar-refractivity contribution in [3.63, 3.8) is 0 Å². The summed E-state index contributed by atoms with van der Waals surface area (Å²) >= 11 is 0. The van der Waals surface area contributed by atoms with Crippen LogP contribution in [-0.2, 0) is 16.2 Å². The van der Waals surface area contributed by atoms with Gasteiger partial charge in [0.05, 0.1) is 16.1 Å². The highest BCUT2D eigenvalue weighted by atomic mass is 32.2. The van der Waals surface area contributed by atoms with E-state index in [2.05, 4.69) is 5.10 Å². The smallest absolute Gasteiger partial charge is 0.336 e. The zero-order valence-corrected chi connectivity index (χ0v) is 18.5. The molecule has 0 N–H and O–H groups in total. The third kappa shape index (κ3) is 4.51. The number of rotatable bonds is 4. The maximum Gasteiger partial charge on any atom is 0.417 e. The molecule has 1 aromatic heterocycles. The largest absolute Gasteiger partial charge is 0.417 e. The molecule has 174 valence electrons. The molecule has 0 bridgehead atoms. The van der Waals surface area contributed by atoms with E-state index >= 15 is 0 Å². The molecule has 2 aromatic carbocycles. The van der Waals surface area contributed by atoms with Gasteiger partial charge in [0, 0.05) is 43.6 Å². The number of aryl methyl sites for hydroxylation is 1. The number of alkyl halides is 3. The molecule has 1 aliphatic rings. The highest BCUT2D eigenvalue weighted by Gasteiger charge is 2.39. The zero-order chi connectivity index (χ0) is 23.8. The number of benzene rings is 2. The zero-order valence-electron chi connectivity index (χ0n) is 17.7. The van der Waals surface area contributed by atoms with Crippen molar-refractivity contribution in [2.45, 2.75) is 18.0 Å². The van der Waals surface area contributed by atoms with E-state index in [9.17, 15) is 26.4 Å². The molecule has 11 heteroatoms. The van der Waals surface area contributed by atoms with Crippen LogP contribution in [0.15, 0.2) is 65.7 Å². The van der Waals surface area contributed by atoms with Crippen LogP contribution < -0.4 is 0 Å². The van der Waals surface area contributed by atoms with Crippen LogP contribution in [0.5, 0.6) is 0 Å². The van der Waals surface area contributed by atoms with E-state index in [1.165, 1.54) is 11.0 Å². The molecule has 1 amide bonds. The van der Waals surface area contributed by atoms with Gasteiger partial charge in [0.15, 0.2) is 0 Å². The fourth-order valence-electron chi connectivity index (χ4n) is 3.76. The molecule has 1 aliphatic heterocycles. The second-order valence-corrected chi connectivity index (χ2v) is 9.53. The van der Waals surface area contributed by atoms with Gasteiger partial charge >= 0.3 is 6.18 Å². The quantitative estimate of drug-likeness (QED) is 0.577. The Bertz CT molecular complexity index is 1260. The number of sulfonamides is 1. The van der Waals surface area contributed by atoms with Crippen LogP contribution in [0.2, 0.25) is 0 Å². The molecular weight excluding hydrogens is 457 g/mol. The summed E-state index contributed by atoms with van der Waals surface area (Å²) < 4.78 is 68.4. The average Bonchev–Trinajstić information content (AvgIpc) is 3.24. The molecule has 0 unspecified atom stereocenters. The van der Waals surface area contributed by atoms with Gasteiger partial charge in [-0.1, -0.05) is 12.1 Å². The molecule has 3 aromatic rings. The number of carbonyl (C=O) groups is 1. The van der Waals surface area contributed by atoms with E-state index in [0.717, 1.165) is 33.9 Å². The van der Waals surface area contributed by atoms with Gasteiger partial charge in [-0.3, -0.25) is 4.79 Å². The van der Waals surface area contributed by atoms with Crippen molar-refractivity contribution in [1.82, 2.24) is 19.0 Å². The van der Waals surface area contributed by atoms with Crippen LogP contribution in [0.3, 0.4) is 0 Å². The maximum absolute atomic E-state index is 13.3. The number of halogens is 3. The Morgan fingerprint density at radius 1 is 0.939 bits per heavy atom. The summed E-state index contributed by atoms with van der Waals surface area (Å²) in [5.74, 6) is -0.272. The van der Waals surface area contributed by atoms with Gasteiger partial charge in [0.2, 0.25) is 10.0 Å². The number of piperazine rings is 1. The van der Waals surface area contributed by atoms with Crippen LogP contribution in [0.25, 0.3) is 5.69 Å². The van der Waals surface area contributed by atoms with Crippen molar-refractivity contribution in [3.05, 3.63) is 77.6 Å². The van der Waals surface area contributed by atoms with Gasteiger partial charge < -0.3 is 4.90 Å². The Kier molecular flexibility index (Phi) is 6.02. The minimum Gasteiger partial charge on any atom is -0.336 e. The van der Waals surface area contributed by atoms with Crippen LogP contribution in [0.1, 0.15) is 21.6 Å². The van der Waals surface area contributed by atoms with Crippen molar-refractivity contribution in [3.8, 4) is 5.69 Å². The van der Waals surface area contributed by atoms with Gasteiger partial charge in [-0.05, 0) is 49.4 Å². The summed E-state index contributed by atoms with van der Waals surface area (Å²) in [4.78, 5) is 13.6. The lowest BCUT2D eigenvalue weighted by molar-refractivity contribution is -0.139. The summed E-state index contributed by atoms with van der Waals surface area (Å²) in [5.41, 5.74) is 0.977. The predicted octanol–water partition coefficient (Wildman–Crippen LogP) is 3.35. The molecule has 0 saturated carbocycles. The fourth-order valence-corrected chi connectivity index (χ4v) is 5.40. The van der Waals surface area contributed by atoms with Gasteiger partial charge in [-0.15, -0.1) is 0 Å². The lowest BCUT2D eigenvalue weighted by Crippen LogP contribution is -2.50.